The van der Waals surface area contributed by atoms with E-state index >= 15 is 0 Å². The number of nitrogens with zero attached hydrogens (tertiary/aromatic N) is 1. The van der Waals surface area contributed by atoms with Gasteiger partial charge in [0.1, 0.15) is 5.75 Å². The first kappa shape index (κ1) is 14.8. The summed E-state index contributed by atoms with van der Waals surface area (Å²) in [5, 5.41) is 2.90. The zero-order valence-corrected chi connectivity index (χ0v) is 12.1. The molecule has 1 fully saturated rings. The standard InChI is InChI=1S/C15H22N2O3/c1-19-12-6-5-9-17(10-12)11-15(18)16-13-7-3-4-8-14(13)20-2/h3-4,7-8,12H,5-6,9-11H2,1-2H3,(H,16,18)/t12-/m1/s1. The molecule has 0 radical (unpaired) electrons. The number of para-hydroxylation sites is 2. The zero-order chi connectivity index (χ0) is 14.4. The van der Waals surface area contributed by atoms with Crippen LogP contribution in [0.15, 0.2) is 24.3 Å². The summed E-state index contributed by atoms with van der Waals surface area (Å²) in [5.74, 6) is 0.653. The highest BCUT2D eigenvalue weighted by atomic mass is 16.5. The average molecular weight is 278 g/mol. The number of amides is 1. The maximum atomic E-state index is 12.1. The smallest absolute Gasteiger partial charge is 0.238 e. The van der Waals surface area contributed by atoms with Crippen LogP contribution in [0.1, 0.15) is 12.8 Å². The van der Waals surface area contributed by atoms with Gasteiger partial charge in [0.15, 0.2) is 0 Å². The summed E-state index contributed by atoms with van der Waals surface area (Å²) in [7, 11) is 3.32. The minimum Gasteiger partial charge on any atom is -0.495 e. The van der Waals surface area contributed by atoms with Crippen molar-refractivity contribution < 1.29 is 14.3 Å². The van der Waals surface area contributed by atoms with E-state index in [1.54, 1.807) is 14.2 Å². The van der Waals surface area contributed by atoms with Crippen molar-refractivity contribution in [3.8, 4) is 5.75 Å². The summed E-state index contributed by atoms with van der Waals surface area (Å²) in [4.78, 5) is 14.2. The molecule has 2 rings (SSSR count). The Hall–Kier alpha value is -1.59. The van der Waals surface area contributed by atoms with Crippen LogP contribution in [0.4, 0.5) is 5.69 Å². The quantitative estimate of drug-likeness (QED) is 0.891. The molecule has 1 atom stereocenters. The number of benzene rings is 1. The fourth-order valence-corrected chi connectivity index (χ4v) is 2.49. The van der Waals surface area contributed by atoms with Gasteiger partial charge in [-0.2, -0.15) is 0 Å². The van der Waals surface area contributed by atoms with Gasteiger partial charge >= 0.3 is 0 Å². The van der Waals surface area contributed by atoms with Gasteiger partial charge in [-0.1, -0.05) is 12.1 Å². The molecule has 110 valence electrons. The Labute approximate surface area is 119 Å². The maximum Gasteiger partial charge on any atom is 0.238 e. The number of hydrogen-bond donors (Lipinski definition) is 1. The van der Waals surface area contributed by atoms with Crippen molar-refractivity contribution in [3.05, 3.63) is 24.3 Å². The van der Waals surface area contributed by atoms with Crippen molar-refractivity contribution in [2.45, 2.75) is 18.9 Å². The number of rotatable bonds is 5. The molecule has 0 aromatic heterocycles. The Morgan fingerprint density at radius 3 is 2.95 bits per heavy atom. The Morgan fingerprint density at radius 1 is 1.40 bits per heavy atom. The van der Waals surface area contributed by atoms with Crippen molar-refractivity contribution >= 4 is 11.6 Å². The number of carbonyl (C=O) groups is 1. The van der Waals surface area contributed by atoms with Gasteiger partial charge in [-0.25, -0.2) is 0 Å². The van der Waals surface area contributed by atoms with E-state index in [1.807, 2.05) is 24.3 Å². The van der Waals surface area contributed by atoms with Crippen LogP contribution in [0.5, 0.6) is 5.75 Å². The van der Waals surface area contributed by atoms with Crippen molar-refractivity contribution in [2.24, 2.45) is 0 Å². The SMILES string of the molecule is COc1ccccc1NC(=O)CN1CCC[C@@H](OC)C1. The first-order chi connectivity index (χ1) is 9.72. The van der Waals surface area contributed by atoms with Crippen LogP contribution in [0, 0.1) is 0 Å². The summed E-state index contributed by atoms with van der Waals surface area (Å²) in [6.45, 7) is 2.15. The van der Waals surface area contributed by atoms with Gasteiger partial charge in [-0.05, 0) is 31.5 Å². The number of hydrogen-bond acceptors (Lipinski definition) is 4. The predicted octanol–water partition coefficient (Wildman–Crippen LogP) is 1.74. The average Bonchev–Trinajstić information content (AvgIpc) is 2.48. The normalized spacial score (nSPS) is 19.6. The van der Waals surface area contributed by atoms with Crippen molar-refractivity contribution in [2.75, 3.05) is 39.2 Å². The molecule has 20 heavy (non-hydrogen) atoms. The summed E-state index contributed by atoms with van der Waals surface area (Å²) in [6, 6.07) is 7.42. The number of piperidine rings is 1. The van der Waals surface area contributed by atoms with E-state index in [-0.39, 0.29) is 12.0 Å². The summed E-state index contributed by atoms with van der Waals surface area (Å²) in [5.41, 5.74) is 0.709. The molecule has 0 aliphatic carbocycles. The molecule has 1 heterocycles. The third-order valence-corrected chi connectivity index (χ3v) is 3.54. The minimum absolute atomic E-state index is 0.0220. The highest BCUT2D eigenvalue weighted by molar-refractivity contribution is 5.93. The molecule has 0 saturated carbocycles. The van der Waals surface area contributed by atoms with Gasteiger partial charge in [0.2, 0.25) is 5.91 Å². The van der Waals surface area contributed by atoms with Crippen LogP contribution in [-0.2, 0) is 9.53 Å². The third-order valence-electron chi connectivity index (χ3n) is 3.54. The van der Waals surface area contributed by atoms with Gasteiger partial charge in [0.05, 0.1) is 25.4 Å². The fraction of sp³-hybridized carbons (Fsp3) is 0.533. The molecule has 1 aromatic rings. The van der Waals surface area contributed by atoms with Gasteiger partial charge in [0, 0.05) is 13.7 Å². The van der Waals surface area contributed by atoms with Gasteiger partial charge < -0.3 is 14.8 Å². The Bertz CT molecular complexity index is 450. The summed E-state index contributed by atoms with van der Waals surface area (Å²) >= 11 is 0. The van der Waals surface area contributed by atoms with Crippen LogP contribution in [0.2, 0.25) is 0 Å². The fourth-order valence-electron chi connectivity index (χ4n) is 2.49. The molecule has 1 saturated heterocycles. The molecule has 5 nitrogen and oxygen atoms in total. The molecule has 0 bridgehead atoms. The predicted molar refractivity (Wildman–Crippen MR) is 78.1 cm³/mol. The number of likely N-dealkylation sites (tertiary alicyclic amines) is 1. The second kappa shape index (κ2) is 7.26. The number of nitrogens with one attached hydrogen (secondary N) is 1. The molecule has 1 aromatic carbocycles. The molecule has 1 N–H and O–H groups in total. The van der Waals surface area contributed by atoms with E-state index < -0.39 is 0 Å². The van der Waals surface area contributed by atoms with Crippen molar-refractivity contribution in [1.29, 1.82) is 0 Å². The van der Waals surface area contributed by atoms with E-state index in [4.69, 9.17) is 9.47 Å². The summed E-state index contributed by atoms with van der Waals surface area (Å²) < 4.78 is 10.6. The van der Waals surface area contributed by atoms with Crippen molar-refractivity contribution in [1.82, 2.24) is 4.90 Å². The Kier molecular flexibility index (Phi) is 5.38. The second-order valence-corrected chi connectivity index (χ2v) is 4.98. The monoisotopic (exact) mass is 278 g/mol. The van der Waals surface area contributed by atoms with Crippen LogP contribution >= 0.6 is 0 Å². The lowest BCUT2D eigenvalue weighted by molar-refractivity contribution is -0.118. The lowest BCUT2D eigenvalue weighted by Crippen LogP contribution is -2.43. The molecule has 0 unspecified atom stereocenters. The molecular weight excluding hydrogens is 256 g/mol. The Balaban J connectivity index is 1.89. The van der Waals surface area contributed by atoms with Gasteiger partial charge in [0.25, 0.3) is 0 Å². The number of anilines is 1. The third kappa shape index (κ3) is 3.95. The number of carbonyl (C=O) groups excluding carboxylic acids is 1. The number of ether oxygens (including phenoxy) is 2. The van der Waals surface area contributed by atoms with Crippen molar-refractivity contribution in [3.63, 3.8) is 0 Å². The summed E-state index contributed by atoms with van der Waals surface area (Å²) in [6.07, 6.45) is 2.38. The Morgan fingerprint density at radius 2 is 2.20 bits per heavy atom. The highest BCUT2D eigenvalue weighted by Gasteiger charge is 2.21. The van der Waals surface area contributed by atoms with Crippen LogP contribution < -0.4 is 10.1 Å². The molecule has 0 spiro atoms. The first-order valence-corrected chi connectivity index (χ1v) is 6.91. The van der Waals surface area contributed by atoms with E-state index in [0.29, 0.717) is 18.0 Å². The first-order valence-electron chi connectivity index (χ1n) is 6.91. The number of methoxy groups -OCH3 is 2. The minimum atomic E-state index is -0.0220. The highest BCUT2D eigenvalue weighted by Crippen LogP contribution is 2.23. The maximum absolute atomic E-state index is 12.1. The van der Waals surface area contributed by atoms with Crippen LogP contribution in [-0.4, -0.2) is 50.8 Å². The zero-order valence-electron chi connectivity index (χ0n) is 12.1. The van der Waals surface area contributed by atoms with E-state index in [2.05, 4.69) is 10.2 Å². The van der Waals surface area contributed by atoms with Gasteiger partial charge in [-0.15, -0.1) is 0 Å². The van der Waals surface area contributed by atoms with Crippen LogP contribution in [0.25, 0.3) is 0 Å². The van der Waals surface area contributed by atoms with E-state index in [0.717, 1.165) is 25.9 Å². The largest absolute Gasteiger partial charge is 0.495 e. The molecule has 1 aliphatic rings. The van der Waals surface area contributed by atoms with Crippen LogP contribution in [0.3, 0.4) is 0 Å². The second-order valence-electron chi connectivity index (χ2n) is 4.98. The molecule has 1 aliphatic heterocycles. The van der Waals surface area contributed by atoms with E-state index in [9.17, 15) is 4.79 Å². The van der Waals surface area contributed by atoms with Gasteiger partial charge in [-0.3, -0.25) is 9.69 Å². The topological polar surface area (TPSA) is 50.8 Å². The lowest BCUT2D eigenvalue weighted by atomic mass is 10.1. The lowest BCUT2D eigenvalue weighted by Gasteiger charge is -2.31. The molecule has 5 heteroatoms. The van der Waals surface area contributed by atoms with E-state index in [1.165, 1.54) is 0 Å². The molecular formula is C15H22N2O3. The molecule has 1 amide bonds.